The van der Waals surface area contributed by atoms with Gasteiger partial charge in [-0.15, -0.1) is 11.8 Å². The summed E-state index contributed by atoms with van der Waals surface area (Å²) in [4.78, 5) is 11.6. The Kier molecular flexibility index (Phi) is 4.73. The third-order valence-corrected chi connectivity index (χ3v) is 5.58. The van der Waals surface area contributed by atoms with Crippen molar-refractivity contribution in [3.63, 3.8) is 0 Å². The summed E-state index contributed by atoms with van der Waals surface area (Å²) < 4.78 is 7.60. The van der Waals surface area contributed by atoms with Crippen LogP contribution in [0.1, 0.15) is 67.2 Å². The van der Waals surface area contributed by atoms with E-state index in [0.717, 1.165) is 31.4 Å². The molecular weight excluding hydrogens is 288 g/mol. The number of thioether (sulfide) groups is 1. The number of rotatable bonds is 4. The van der Waals surface area contributed by atoms with Crippen molar-refractivity contribution < 1.29 is 14.6 Å². The van der Waals surface area contributed by atoms with Crippen molar-refractivity contribution in [2.45, 2.75) is 62.8 Å². The number of carbonyl (C=O) groups is 1. The molecular formula is C15H22N2O3S. The molecule has 0 amide bonds. The van der Waals surface area contributed by atoms with Crippen molar-refractivity contribution in [2.24, 2.45) is 0 Å². The number of carboxylic acid groups (broad SMARTS) is 1. The van der Waals surface area contributed by atoms with Crippen LogP contribution in [0.2, 0.25) is 0 Å². The van der Waals surface area contributed by atoms with E-state index in [1.54, 1.807) is 22.6 Å². The van der Waals surface area contributed by atoms with E-state index in [-0.39, 0.29) is 17.2 Å². The van der Waals surface area contributed by atoms with Gasteiger partial charge in [-0.1, -0.05) is 6.42 Å². The largest absolute Gasteiger partial charge is 0.486 e. The average Bonchev–Trinajstić information content (AvgIpc) is 2.93. The van der Waals surface area contributed by atoms with Gasteiger partial charge in [0.1, 0.15) is 0 Å². The van der Waals surface area contributed by atoms with E-state index in [0.29, 0.717) is 5.75 Å². The summed E-state index contributed by atoms with van der Waals surface area (Å²) in [7, 11) is 0. The van der Waals surface area contributed by atoms with Gasteiger partial charge in [-0.2, -0.15) is 5.10 Å². The van der Waals surface area contributed by atoms with E-state index < -0.39 is 5.97 Å². The summed E-state index contributed by atoms with van der Waals surface area (Å²) in [6.07, 6.45) is 10.7. The molecule has 0 aromatic carbocycles. The van der Waals surface area contributed by atoms with Gasteiger partial charge in [0.15, 0.2) is 11.4 Å². The Morgan fingerprint density at radius 1 is 1.24 bits per heavy atom. The van der Waals surface area contributed by atoms with Crippen LogP contribution in [0, 0.1) is 0 Å². The predicted molar refractivity (Wildman–Crippen MR) is 82.0 cm³/mol. The van der Waals surface area contributed by atoms with Crippen LogP contribution in [0.15, 0.2) is 6.20 Å². The topological polar surface area (TPSA) is 64.3 Å². The number of hydrogen-bond donors (Lipinski definition) is 1. The third-order valence-electron chi connectivity index (χ3n) is 4.24. The minimum atomic E-state index is -0.940. The van der Waals surface area contributed by atoms with E-state index in [9.17, 15) is 9.90 Å². The van der Waals surface area contributed by atoms with Crippen LogP contribution in [-0.2, 0) is 0 Å². The average molecular weight is 310 g/mol. The highest BCUT2D eigenvalue weighted by atomic mass is 32.2. The van der Waals surface area contributed by atoms with Crippen LogP contribution in [0.3, 0.4) is 0 Å². The summed E-state index contributed by atoms with van der Waals surface area (Å²) in [5.74, 6) is 0.577. The lowest BCUT2D eigenvalue weighted by Crippen LogP contribution is -2.22. The van der Waals surface area contributed by atoms with Crippen LogP contribution >= 0.6 is 11.8 Å². The number of nitrogens with zero attached hydrogens (tertiary/aromatic N) is 2. The number of ether oxygens (including phenoxy) is 1. The van der Waals surface area contributed by atoms with E-state index in [1.807, 2.05) is 0 Å². The Morgan fingerprint density at radius 2 is 2.00 bits per heavy atom. The molecule has 1 aromatic rings. The lowest BCUT2D eigenvalue weighted by molar-refractivity contribution is 0.0671. The highest BCUT2D eigenvalue weighted by Crippen LogP contribution is 2.37. The molecule has 2 heterocycles. The summed E-state index contributed by atoms with van der Waals surface area (Å²) in [5, 5.41) is 14.0. The highest BCUT2D eigenvalue weighted by molar-refractivity contribution is 7.99. The van der Waals surface area contributed by atoms with Crippen LogP contribution in [0.4, 0.5) is 0 Å². The molecule has 1 N–H and O–H groups in total. The highest BCUT2D eigenvalue weighted by Gasteiger charge is 2.27. The minimum absolute atomic E-state index is 0.133. The number of carboxylic acids is 1. The van der Waals surface area contributed by atoms with Crippen molar-refractivity contribution in [3.8, 4) is 5.75 Å². The molecule has 0 bridgehead atoms. The number of hydrogen-bond acceptors (Lipinski definition) is 4. The zero-order valence-electron chi connectivity index (χ0n) is 12.2. The molecule has 0 spiro atoms. The van der Waals surface area contributed by atoms with Gasteiger partial charge in [0.25, 0.3) is 0 Å². The van der Waals surface area contributed by atoms with Crippen molar-refractivity contribution in [3.05, 3.63) is 11.9 Å². The molecule has 2 aliphatic rings. The Hall–Kier alpha value is -1.17. The molecule has 1 aliphatic heterocycles. The quantitative estimate of drug-likeness (QED) is 0.918. The smallest absolute Gasteiger partial charge is 0.358 e. The minimum Gasteiger partial charge on any atom is -0.486 e. The van der Waals surface area contributed by atoms with E-state index in [2.05, 4.69) is 5.10 Å². The van der Waals surface area contributed by atoms with Crippen molar-refractivity contribution in [2.75, 3.05) is 5.75 Å². The summed E-state index contributed by atoms with van der Waals surface area (Å²) in [6, 6.07) is 0. The zero-order valence-corrected chi connectivity index (χ0v) is 13.0. The second kappa shape index (κ2) is 6.73. The van der Waals surface area contributed by atoms with E-state index >= 15 is 0 Å². The lowest BCUT2D eigenvalue weighted by atomic mass is 9.98. The maximum atomic E-state index is 11.6. The Balaban J connectivity index is 1.79. The number of aromatic carboxylic acids is 1. The first-order chi connectivity index (χ1) is 10.3. The second-order valence-electron chi connectivity index (χ2n) is 5.81. The fraction of sp³-hybridized carbons (Fsp3) is 0.733. The first-order valence-corrected chi connectivity index (χ1v) is 8.89. The first-order valence-electron chi connectivity index (χ1n) is 7.85. The van der Waals surface area contributed by atoms with Gasteiger partial charge in [-0.05, 0) is 50.7 Å². The third kappa shape index (κ3) is 3.36. The van der Waals surface area contributed by atoms with Gasteiger partial charge in [0.2, 0.25) is 0 Å². The van der Waals surface area contributed by atoms with Gasteiger partial charge in [0.05, 0.1) is 17.7 Å². The van der Waals surface area contributed by atoms with E-state index in [1.165, 1.54) is 25.7 Å². The van der Waals surface area contributed by atoms with Gasteiger partial charge < -0.3 is 9.84 Å². The van der Waals surface area contributed by atoms with Crippen LogP contribution in [0.5, 0.6) is 5.75 Å². The predicted octanol–water partition coefficient (Wildman–Crippen LogP) is 3.71. The Bertz CT molecular complexity index is 491. The maximum absolute atomic E-state index is 11.6. The molecule has 3 rings (SSSR count). The lowest BCUT2D eigenvalue weighted by Gasteiger charge is -2.24. The monoisotopic (exact) mass is 310 g/mol. The van der Waals surface area contributed by atoms with Gasteiger partial charge in [-0.3, -0.25) is 0 Å². The molecule has 6 heteroatoms. The van der Waals surface area contributed by atoms with Crippen molar-refractivity contribution in [1.82, 2.24) is 9.78 Å². The molecule has 1 atom stereocenters. The molecule has 2 fully saturated rings. The Labute approximate surface area is 129 Å². The first kappa shape index (κ1) is 14.8. The molecule has 1 saturated heterocycles. The summed E-state index contributed by atoms with van der Waals surface area (Å²) in [5.41, 5.74) is 0.222. The fourth-order valence-corrected chi connectivity index (χ4v) is 4.41. The zero-order chi connectivity index (χ0) is 14.7. The molecule has 1 aliphatic carbocycles. The number of aromatic nitrogens is 2. The van der Waals surface area contributed by atoms with Crippen LogP contribution in [0.25, 0.3) is 0 Å². The van der Waals surface area contributed by atoms with E-state index in [4.69, 9.17) is 4.74 Å². The molecule has 0 radical (unpaired) electrons. The van der Waals surface area contributed by atoms with Gasteiger partial charge >= 0.3 is 5.97 Å². The van der Waals surface area contributed by atoms with Gasteiger partial charge in [-0.25, -0.2) is 9.48 Å². The maximum Gasteiger partial charge on any atom is 0.358 e. The summed E-state index contributed by atoms with van der Waals surface area (Å²) in [6.45, 7) is 0. The SMILES string of the molecule is O=C(O)c1c(OC2CCCCC2)cnn1C1CCCCS1. The van der Waals surface area contributed by atoms with Crippen molar-refractivity contribution >= 4 is 17.7 Å². The summed E-state index contributed by atoms with van der Waals surface area (Å²) >= 11 is 1.79. The molecule has 1 aromatic heterocycles. The van der Waals surface area contributed by atoms with Crippen molar-refractivity contribution in [1.29, 1.82) is 0 Å². The van der Waals surface area contributed by atoms with Crippen LogP contribution < -0.4 is 4.74 Å². The van der Waals surface area contributed by atoms with Gasteiger partial charge in [0, 0.05) is 0 Å². The second-order valence-corrected chi connectivity index (χ2v) is 7.09. The molecule has 1 saturated carbocycles. The fourth-order valence-electron chi connectivity index (χ4n) is 3.13. The molecule has 1 unspecified atom stereocenters. The molecule has 5 nitrogen and oxygen atoms in total. The molecule has 116 valence electrons. The standard InChI is InChI=1S/C15H22N2O3S/c18-15(19)14-12(20-11-6-2-1-3-7-11)10-16-17(14)13-8-4-5-9-21-13/h10-11,13H,1-9H2,(H,18,19). The Morgan fingerprint density at radius 3 is 2.67 bits per heavy atom. The van der Waals surface area contributed by atoms with Crippen LogP contribution in [-0.4, -0.2) is 32.7 Å². The normalized spacial score (nSPS) is 23.9. The molecule has 21 heavy (non-hydrogen) atoms.